The van der Waals surface area contributed by atoms with Crippen LogP contribution in [-0.4, -0.2) is 30.3 Å². The molecule has 0 aliphatic carbocycles. The van der Waals surface area contributed by atoms with E-state index < -0.39 is 24.0 Å². The Morgan fingerprint density at radius 2 is 2.15 bits per heavy atom. The standard InChI is InChI=1S/C12H12BrF3N2O2/c13-7-1-2-9(19)8(5-7)18-10(20)11(12(14,15)16)3-4-17-6-11/h1-2,5,17,19H,3-4,6H2,(H,18,20). The van der Waals surface area contributed by atoms with E-state index in [0.29, 0.717) is 4.47 Å². The fourth-order valence-corrected chi connectivity index (χ4v) is 2.47. The molecule has 1 amide bonds. The zero-order valence-electron chi connectivity index (χ0n) is 10.2. The minimum atomic E-state index is -4.65. The summed E-state index contributed by atoms with van der Waals surface area (Å²) in [5.41, 5.74) is -2.51. The molecular weight excluding hydrogens is 341 g/mol. The number of halogens is 4. The lowest BCUT2D eigenvalue weighted by Gasteiger charge is -2.29. The molecule has 0 bridgehead atoms. The van der Waals surface area contributed by atoms with Crippen LogP contribution in [-0.2, 0) is 4.79 Å². The lowest BCUT2D eigenvalue weighted by molar-refractivity contribution is -0.213. The van der Waals surface area contributed by atoms with Crippen LogP contribution in [0.1, 0.15) is 6.42 Å². The second-order valence-corrected chi connectivity index (χ2v) is 5.54. The number of benzene rings is 1. The highest BCUT2D eigenvalue weighted by Gasteiger charge is 2.61. The van der Waals surface area contributed by atoms with Crippen molar-refractivity contribution in [1.29, 1.82) is 0 Å². The van der Waals surface area contributed by atoms with E-state index in [2.05, 4.69) is 26.6 Å². The van der Waals surface area contributed by atoms with Gasteiger partial charge in [0.25, 0.3) is 0 Å². The Labute approximate surface area is 121 Å². The SMILES string of the molecule is O=C(Nc1cc(Br)ccc1O)C1(C(F)(F)F)CCNC1. The third kappa shape index (κ3) is 2.62. The first-order valence-corrected chi connectivity index (χ1v) is 6.63. The van der Waals surface area contributed by atoms with E-state index in [1.807, 2.05) is 0 Å². The number of phenolic OH excluding ortho intramolecular Hbond substituents is 1. The summed E-state index contributed by atoms with van der Waals surface area (Å²) in [4.78, 5) is 12.0. The topological polar surface area (TPSA) is 61.4 Å². The summed E-state index contributed by atoms with van der Waals surface area (Å²) < 4.78 is 40.1. The molecule has 1 aliphatic heterocycles. The van der Waals surface area contributed by atoms with E-state index in [4.69, 9.17) is 0 Å². The van der Waals surface area contributed by atoms with Crippen LogP contribution in [0.25, 0.3) is 0 Å². The van der Waals surface area contributed by atoms with Crippen molar-refractivity contribution < 1.29 is 23.1 Å². The molecule has 0 aromatic heterocycles. The number of phenols is 1. The third-order valence-corrected chi connectivity index (χ3v) is 3.83. The van der Waals surface area contributed by atoms with Gasteiger partial charge in [0.1, 0.15) is 5.75 Å². The first kappa shape index (κ1) is 15.1. The molecule has 0 spiro atoms. The molecule has 1 fully saturated rings. The average molecular weight is 353 g/mol. The van der Waals surface area contributed by atoms with Gasteiger partial charge in [0.15, 0.2) is 5.41 Å². The van der Waals surface area contributed by atoms with Gasteiger partial charge in [0, 0.05) is 11.0 Å². The molecule has 1 aromatic carbocycles. The summed E-state index contributed by atoms with van der Waals surface area (Å²) in [5, 5.41) is 14.3. The summed E-state index contributed by atoms with van der Waals surface area (Å²) in [5.74, 6) is -1.45. The largest absolute Gasteiger partial charge is 0.506 e. The van der Waals surface area contributed by atoms with Gasteiger partial charge >= 0.3 is 6.18 Å². The summed E-state index contributed by atoms with van der Waals surface area (Å²) in [6.07, 6.45) is -4.97. The van der Waals surface area contributed by atoms with Crippen LogP contribution in [0.3, 0.4) is 0 Å². The molecule has 2 rings (SSSR count). The number of alkyl halides is 3. The van der Waals surface area contributed by atoms with Gasteiger partial charge in [-0.3, -0.25) is 4.79 Å². The molecule has 1 unspecified atom stereocenters. The number of hydrogen-bond acceptors (Lipinski definition) is 3. The van der Waals surface area contributed by atoms with Crippen LogP contribution in [0, 0.1) is 5.41 Å². The molecule has 1 heterocycles. The van der Waals surface area contributed by atoms with Gasteiger partial charge in [-0.2, -0.15) is 13.2 Å². The van der Waals surface area contributed by atoms with Crippen molar-refractivity contribution >= 4 is 27.5 Å². The Bertz CT molecular complexity index is 528. The molecule has 4 nitrogen and oxygen atoms in total. The van der Waals surface area contributed by atoms with E-state index in [0.717, 1.165) is 0 Å². The second kappa shape index (κ2) is 5.25. The van der Waals surface area contributed by atoms with Gasteiger partial charge in [-0.05, 0) is 31.2 Å². The van der Waals surface area contributed by atoms with E-state index in [1.165, 1.54) is 18.2 Å². The van der Waals surface area contributed by atoms with Gasteiger partial charge < -0.3 is 15.7 Å². The molecule has 3 N–H and O–H groups in total. The molecule has 1 saturated heterocycles. The van der Waals surface area contributed by atoms with Gasteiger partial charge in [0.05, 0.1) is 5.69 Å². The first-order valence-electron chi connectivity index (χ1n) is 5.84. The minimum absolute atomic E-state index is 0.0556. The number of nitrogens with one attached hydrogen (secondary N) is 2. The van der Waals surface area contributed by atoms with Gasteiger partial charge in [-0.1, -0.05) is 15.9 Å². The fraction of sp³-hybridized carbons (Fsp3) is 0.417. The molecule has 20 heavy (non-hydrogen) atoms. The highest BCUT2D eigenvalue weighted by atomic mass is 79.9. The molecule has 0 saturated carbocycles. The van der Waals surface area contributed by atoms with Crippen molar-refractivity contribution in [2.24, 2.45) is 5.41 Å². The smallest absolute Gasteiger partial charge is 0.404 e. The van der Waals surface area contributed by atoms with Crippen molar-refractivity contribution in [2.45, 2.75) is 12.6 Å². The quantitative estimate of drug-likeness (QED) is 0.717. The van der Waals surface area contributed by atoms with Crippen LogP contribution in [0.15, 0.2) is 22.7 Å². The van der Waals surface area contributed by atoms with E-state index >= 15 is 0 Å². The number of carbonyl (C=O) groups is 1. The number of anilines is 1. The fourth-order valence-electron chi connectivity index (χ4n) is 2.11. The Morgan fingerprint density at radius 3 is 2.70 bits per heavy atom. The summed E-state index contributed by atoms with van der Waals surface area (Å²) in [7, 11) is 0. The van der Waals surface area contributed by atoms with Crippen LogP contribution in [0.5, 0.6) is 5.75 Å². The van der Waals surface area contributed by atoms with Crippen LogP contribution in [0.4, 0.5) is 18.9 Å². The predicted molar refractivity (Wildman–Crippen MR) is 70.4 cm³/mol. The highest BCUT2D eigenvalue weighted by Crippen LogP contribution is 2.44. The molecule has 110 valence electrons. The molecule has 1 aliphatic rings. The van der Waals surface area contributed by atoms with Crippen LogP contribution in [0.2, 0.25) is 0 Å². The maximum Gasteiger partial charge on any atom is 0.404 e. The van der Waals surface area contributed by atoms with Gasteiger partial charge in [-0.25, -0.2) is 0 Å². The van der Waals surface area contributed by atoms with Crippen molar-refractivity contribution in [3.8, 4) is 5.75 Å². The average Bonchev–Trinajstić information content (AvgIpc) is 2.83. The predicted octanol–water partition coefficient (Wildman–Crippen LogP) is 2.64. The number of carbonyl (C=O) groups excluding carboxylic acids is 1. The van der Waals surface area contributed by atoms with Gasteiger partial charge in [0.2, 0.25) is 5.91 Å². The van der Waals surface area contributed by atoms with E-state index in [9.17, 15) is 23.1 Å². The first-order chi connectivity index (χ1) is 9.26. The second-order valence-electron chi connectivity index (χ2n) is 4.62. The van der Waals surface area contributed by atoms with Crippen molar-refractivity contribution in [1.82, 2.24) is 5.32 Å². The third-order valence-electron chi connectivity index (χ3n) is 3.34. The Balaban J connectivity index is 2.28. The van der Waals surface area contributed by atoms with E-state index in [-0.39, 0.29) is 24.4 Å². The summed E-state index contributed by atoms with van der Waals surface area (Å²) in [6, 6.07) is 4.15. The Morgan fingerprint density at radius 1 is 1.45 bits per heavy atom. The lowest BCUT2D eigenvalue weighted by atomic mass is 9.85. The van der Waals surface area contributed by atoms with Crippen LogP contribution < -0.4 is 10.6 Å². The lowest BCUT2D eigenvalue weighted by Crippen LogP contribution is -2.49. The van der Waals surface area contributed by atoms with Crippen molar-refractivity contribution in [3.63, 3.8) is 0 Å². The monoisotopic (exact) mass is 352 g/mol. The molecule has 1 atom stereocenters. The normalized spacial score (nSPS) is 22.8. The van der Waals surface area contributed by atoms with Crippen molar-refractivity contribution in [3.05, 3.63) is 22.7 Å². The molecule has 8 heteroatoms. The molecule has 1 aromatic rings. The number of hydrogen-bond donors (Lipinski definition) is 3. The maximum absolute atomic E-state index is 13.2. The Kier molecular flexibility index (Phi) is 3.97. The maximum atomic E-state index is 13.2. The molecule has 0 radical (unpaired) electrons. The number of amides is 1. The zero-order chi connectivity index (χ0) is 15.0. The number of rotatable bonds is 2. The summed E-state index contributed by atoms with van der Waals surface area (Å²) in [6.45, 7) is -0.339. The highest BCUT2D eigenvalue weighted by molar-refractivity contribution is 9.10. The number of aromatic hydroxyl groups is 1. The van der Waals surface area contributed by atoms with Gasteiger partial charge in [-0.15, -0.1) is 0 Å². The van der Waals surface area contributed by atoms with Crippen molar-refractivity contribution in [2.75, 3.05) is 18.4 Å². The summed E-state index contributed by atoms with van der Waals surface area (Å²) >= 11 is 3.13. The van der Waals surface area contributed by atoms with E-state index in [1.54, 1.807) is 0 Å². The van der Waals surface area contributed by atoms with Crippen LogP contribution >= 0.6 is 15.9 Å². The zero-order valence-corrected chi connectivity index (χ0v) is 11.8. The molecular formula is C12H12BrF3N2O2. The Hall–Kier alpha value is -1.28. The minimum Gasteiger partial charge on any atom is -0.506 e.